The van der Waals surface area contributed by atoms with Gasteiger partial charge in [-0.3, -0.25) is 19.7 Å². The fraction of sp³-hybridized carbons (Fsp3) is 0.458. The Bertz CT molecular complexity index is 1140. The van der Waals surface area contributed by atoms with Crippen LogP contribution in [0.5, 0.6) is 5.88 Å². The summed E-state index contributed by atoms with van der Waals surface area (Å²) in [4.78, 5) is 47.3. The predicted molar refractivity (Wildman–Crippen MR) is 139 cm³/mol. The quantitative estimate of drug-likeness (QED) is 0.178. The van der Waals surface area contributed by atoms with E-state index in [0.717, 1.165) is 12.1 Å². The minimum Gasteiger partial charge on any atom is -0.480 e. The van der Waals surface area contributed by atoms with Crippen LogP contribution in [0.1, 0.15) is 37.6 Å². The van der Waals surface area contributed by atoms with Crippen molar-refractivity contribution in [3.8, 4) is 5.88 Å². The van der Waals surface area contributed by atoms with Crippen molar-refractivity contribution >= 4 is 35.1 Å². The molecule has 0 saturated carbocycles. The number of alkyl carbamates (subject to hydrolysis) is 1. The molecule has 15 nitrogen and oxygen atoms in total. The number of carbonyl (C=O) groups is 3. The second-order valence-electron chi connectivity index (χ2n) is 8.85. The molecule has 2 rings (SSSR count). The standard InChI is InChI=1S/C24H32N6O9/c1-24(2,3)39-23(33)25-10-12-38-14-13-37-11-9-20(31)26-18-15-16(30(34)35)5-6-17(18)22(32)27-19-7-8-21(36-4)29-28-19/h5-8,15H,9-14H2,1-4H3,(H,25,33)(H,26,31)(H,27,28,32). The maximum atomic E-state index is 12.8. The number of aromatic nitrogens is 2. The van der Waals surface area contributed by atoms with Crippen LogP contribution in [0.25, 0.3) is 0 Å². The van der Waals surface area contributed by atoms with E-state index in [-0.39, 0.29) is 68.0 Å². The molecule has 0 atom stereocenters. The van der Waals surface area contributed by atoms with Crippen LogP contribution in [-0.2, 0) is 19.0 Å². The molecule has 2 aromatic rings. The predicted octanol–water partition coefficient (Wildman–Crippen LogP) is 2.53. The van der Waals surface area contributed by atoms with Crippen LogP contribution in [0.2, 0.25) is 0 Å². The third kappa shape index (κ3) is 11.7. The second kappa shape index (κ2) is 15.1. The number of nitro groups is 1. The summed E-state index contributed by atoms with van der Waals surface area (Å²) in [6, 6.07) is 6.42. The Labute approximate surface area is 224 Å². The lowest BCUT2D eigenvalue weighted by Gasteiger charge is -2.19. The van der Waals surface area contributed by atoms with Gasteiger partial charge in [0.1, 0.15) is 5.60 Å². The van der Waals surface area contributed by atoms with Crippen LogP contribution in [-0.4, -0.2) is 78.7 Å². The summed E-state index contributed by atoms with van der Waals surface area (Å²) in [5.41, 5.74) is -0.948. The first-order valence-corrected chi connectivity index (χ1v) is 11.9. The highest BCUT2D eigenvalue weighted by molar-refractivity contribution is 6.10. The molecule has 0 aliphatic carbocycles. The van der Waals surface area contributed by atoms with Crippen molar-refractivity contribution in [1.82, 2.24) is 15.5 Å². The zero-order valence-corrected chi connectivity index (χ0v) is 22.1. The van der Waals surface area contributed by atoms with Crippen molar-refractivity contribution in [3.63, 3.8) is 0 Å². The summed E-state index contributed by atoms with van der Waals surface area (Å²) >= 11 is 0. The first-order chi connectivity index (χ1) is 18.5. The van der Waals surface area contributed by atoms with Crippen molar-refractivity contribution < 1.29 is 38.3 Å². The van der Waals surface area contributed by atoms with Crippen LogP contribution in [0.15, 0.2) is 30.3 Å². The minimum absolute atomic E-state index is 0.0131. The Kier molecular flexibility index (Phi) is 12.0. The highest BCUT2D eigenvalue weighted by Gasteiger charge is 2.19. The Morgan fingerprint density at radius 3 is 2.31 bits per heavy atom. The maximum Gasteiger partial charge on any atom is 0.407 e. The number of nitrogens with zero attached hydrogens (tertiary/aromatic N) is 3. The number of methoxy groups -OCH3 is 1. The van der Waals surface area contributed by atoms with E-state index in [1.54, 1.807) is 20.8 Å². The van der Waals surface area contributed by atoms with Crippen molar-refractivity contribution in [2.75, 3.05) is 50.7 Å². The van der Waals surface area contributed by atoms with Crippen molar-refractivity contribution in [2.45, 2.75) is 32.8 Å². The van der Waals surface area contributed by atoms with E-state index in [1.807, 2.05) is 0 Å². The molecule has 0 aliphatic rings. The number of anilines is 2. The zero-order valence-electron chi connectivity index (χ0n) is 22.1. The summed E-state index contributed by atoms with van der Waals surface area (Å²) in [6.45, 7) is 6.29. The van der Waals surface area contributed by atoms with Gasteiger partial charge in [0, 0.05) is 24.7 Å². The van der Waals surface area contributed by atoms with Crippen molar-refractivity contribution in [1.29, 1.82) is 0 Å². The molecule has 3 N–H and O–H groups in total. The van der Waals surface area contributed by atoms with E-state index in [2.05, 4.69) is 26.1 Å². The third-order valence-electron chi connectivity index (χ3n) is 4.58. The number of non-ortho nitro benzene ring substituents is 1. The molecule has 15 heteroatoms. The van der Waals surface area contributed by atoms with Gasteiger partial charge < -0.3 is 34.9 Å². The SMILES string of the molecule is COc1ccc(NC(=O)c2ccc([N+](=O)[O-])cc2NC(=O)CCOCCOCCNC(=O)OC(C)(C)C)nn1. The summed E-state index contributed by atoms with van der Waals surface area (Å²) in [6.07, 6.45) is -0.611. The largest absolute Gasteiger partial charge is 0.480 e. The lowest BCUT2D eigenvalue weighted by Crippen LogP contribution is -2.34. The molecular formula is C24H32N6O9. The number of ether oxygens (including phenoxy) is 4. The average molecular weight is 549 g/mol. The zero-order chi connectivity index (χ0) is 28.8. The summed E-state index contributed by atoms with van der Waals surface area (Å²) < 4.78 is 20.7. The van der Waals surface area contributed by atoms with E-state index in [1.165, 1.54) is 25.3 Å². The lowest BCUT2D eigenvalue weighted by molar-refractivity contribution is -0.384. The summed E-state index contributed by atoms with van der Waals surface area (Å²) in [5.74, 6) is -0.807. The Morgan fingerprint density at radius 2 is 1.69 bits per heavy atom. The molecule has 0 radical (unpaired) electrons. The van der Waals surface area contributed by atoms with Crippen molar-refractivity contribution in [3.05, 3.63) is 46.0 Å². The average Bonchev–Trinajstić information content (AvgIpc) is 2.87. The van der Waals surface area contributed by atoms with Gasteiger partial charge in [0.25, 0.3) is 11.6 Å². The summed E-state index contributed by atoms with van der Waals surface area (Å²) in [5, 5.41) is 26.3. The molecule has 0 saturated heterocycles. The number of hydrogen-bond donors (Lipinski definition) is 3. The molecule has 0 spiro atoms. The van der Waals surface area contributed by atoms with Gasteiger partial charge in [-0.15, -0.1) is 10.2 Å². The van der Waals surface area contributed by atoms with Gasteiger partial charge in [-0.2, -0.15) is 0 Å². The first-order valence-electron chi connectivity index (χ1n) is 11.9. The van der Waals surface area contributed by atoms with E-state index in [9.17, 15) is 24.5 Å². The normalized spacial score (nSPS) is 10.9. The van der Waals surface area contributed by atoms with E-state index in [0.29, 0.717) is 0 Å². The molecule has 0 aliphatic heterocycles. The topological polar surface area (TPSA) is 193 Å². The molecule has 3 amide bonds. The number of nitro benzene ring substituents is 1. The molecular weight excluding hydrogens is 516 g/mol. The molecule has 1 aromatic carbocycles. The molecule has 0 fully saturated rings. The molecule has 1 heterocycles. The van der Waals surface area contributed by atoms with E-state index >= 15 is 0 Å². The van der Waals surface area contributed by atoms with E-state index < -0.39 is 28.4 Å². The molecule has 212 valence electrons. The molecule has 1 aromatic heterocycles. The van der Waals surface area contributed by atoms with Gasteiger partial charge in [0.2, 0.25) is 11.8 Å². The Hall–Kier alpha value is -4.37. The number of carbonyl (C=O) groups excluding carboxylic acids is 3. The van der Waals surface area contributed by atoms with Gasteiger partial charge in [-0.25, -0.2) is 4.79 Å². The van der Waals surface area contributed by atoms with Crippen molar-refractivity contribution in [2.24, 2.45) is 0 Å². The van der Waals surface area contributed by atoms with Crippen LogP contribution in [0.3, 0.4) is 0 Å². The highest BCUT2D eigenvalue weighted by Crippen LogP contribution is 2.24. The summed E-state index contributed by atoms with van der Waals surface area (Å²) in [7, 11) is 1.42. The van der Waals surface area contributed by atoms with Gasteiger partial charge >= 0.3 is 6.09 Å². The van der Waals surface area contributed by atoms with Crippen LogP contribution in [0, 0.1) is 10.1 Å². The smallest absolute Gasteiger partial charge is 0.407 e. The number of rotatable bonds is 14. The van der Waals surface area contributed by atoms with Crippen LogP contribution >= 0.6 is 0 Å². The fourth-order valence-electron chi connectivity index (χ4n) is 2.87. The molecule has 0 unspecified atom stereocenters. The van der Waals surface area contributed by atoms with Gasteiger partial charge in [0.15, 0.2) is 5.82 Å². The number of nitrogens with one attached hydrogen (secondary N) is 3. The monoisotopic (exact) mass is 548 g/mol. The number of benzene rings is 1. The molecule has 0 bridgehead atoms. The molecule has 39 heavy (non-hydrogen) atoms. The van der Waals surface area contributed by atoms with Gasteiger partial charge in [-0.05, 0) is 32.9 Å². The van der Waals surface area contributed by atoms with Gasteiger partial charge in [0.05, 0.1) is 56.1 Å². The maximum absolute atomic E-state index is 12.8. The Morgan fingerprint density at radius 1 is 0.974 bits per heavy atom. The fourth-order valence-corrected chi connectivity index (χ4v) is 2.87. The minimum atomic E-state index is -0.658. The second-order valence-corrected chi connectivity index (χ2v) is 8.85. The lowest BCUT2D eigenvalue weighted by atomic mass is 10.1. The van der Waals surface area contributed by atoms with E-state index in [4.69, 9.17) is 18.9 Å². The highest BCUT2D eigenvalue weighted by atomic mass is 16.6. The van der Waals surface area contributed by atoms with Crippen LogP contribution < -0.4 is 20.7 Å². The van der Waals surface area contributed by atoms with Gasteiger partial charge in [-0.1, -0.05) is 0 Å². The number of hydrogen-bond acceptors (Lipinski definition) is 11. The first kappa shape index (κ1) is 30.9. The third-order valence-corrected chi connectivity index (χ3v) is 4.58. The van der Waals surface area contributed by atoms with Crippen LogP contribution in [0.4, 0.5) is 22.0 Å². The number of amides is 3. The Balaban J connectivity index is 1.79.